The Labute approximate surface area is 43.8 Å². The van der Waals surface area contributed by atoms with E-state index in [4.69, 9.17) is 0 Å². The van der Waals surface area contributed by atoms with Gasteiger partial charge < -0.3 is 0 Å². The normalized spacial score (nSPS) is 20.3. The zero-order valence-electron chi connectivity index (χ0n) is 4.68. The summed E-state index contributed by atoms with van der Waals surface area (Å²) in [5.74, 6) is 0. The summed E-state index contributed by atoms with van der Waals surface area (Å²) in [7, 11) is 1.96. The first-order valence-electron chi connectivity index (χ1n) is 2.38. The molecule has 0 aromatic heterocycles. The number of hydrogen-bond donors (Lipinski definition) is 0. The maximum Gasteiger partial charge on any atom is 0.0561 e. The zero-order chi connectivity index (χ0) is 5.28. The molecule has 1 radical (unpaired) electrons. The third-order valence-electron chi connectivity index (χ3n) is 1.19. The number of hydrogen-bond acceptors (Lipinski definition) is 1. The lowest BCUT2D eigenvalue weighted by molar-refractivity contribution is 0.336. The molecule has 0 unspecified atom stereocenters. The van der Waals surface area contributed by atoms with E-state index in [9.17, 15) is 0 Å². The molecule has 7 heavy (non-hydrogen) atoms. The summed E-state index contributed by atoms with van der Waals surface area (Å²) >= 11 is 0. The van der Waals surface area contributed by atoms with Gasteiger partial charge in [0.25, 0.3) is 0 Å². The quantitative estimate of drug-likeness (QED) is 0.426. The SMILES string of the molecule is CC1=CC[N]N1C. The van der Waals surface area contributed by atoms with Crippen LogP contribution in [-0.4, -0.2) is 18.6 Å². The Morgan fingerprint density at radius 1 is 1.86 bits per heavy atom. The maximum absolute atomic E-state index is 4.06. The van der Waals surface area contributed by atoms with Crippen molar-refractivity contribution in [1.82, 2.24) is 10.4 Å². The van der Waals surface area contributed by atoms with Crippen molar-refractivity contribution in [2.45, 2.75) is 6.92 Å². The molecule has 0 bridgehead atoms. The maximum atomic E-state index is 4.06. The van der Waals surface area contributed by atoms with Crippen molar-refractivity contribution in [1.29, 1.82) is 0 Å². The largest absolute Gasteiger partial charge is 0.298 e. The molecule has 39 valence electrons. The lowest BCUT2D eigenvalue weighted by atomic mass is 10.5. The molecule has 0 N–H and O–H groups in total. The molecule has 2 nitrogen and oxygen atoms in total. The van der Waals surface area contributed by atoms with E-state index in [1.54, 1.807) is 0 Å². The minimum absolute atomic E-state index is 0.863. The molecule has 0 aromatic rings. The van der Waals surface area contributed by atoms with E-state index >= 15 is 0 Å². The molecule has 0 aliphatic carbocycles. The Kier molecular flexibility index (Phi) is 1.02. The van der Waals surface area contributed by atoms with Crippen molar-refractivity contribution >= 4 is 0 Å². The van der Waals surface area contributed by atoms with Crippen LogP contribution in [0.4, 0.5) is 0 Å². The van der Waals surface area contributed by atoms with Crippen molar-refractivity contribution in [3.05, 3.63) is 11.8 Å². The van der Waals surface area contributed by atoms with Crippen LogP contribution in [0.5, 0.6) is 0 Å². The van der Waals surface area contributed by atoms with E-state index < -0.39 is 0 Å². The van der Waals surface area contributed by atoms with Crippen molar-refractivity contribution in [2.75, 3.05) is 13.6 Å². The molecule has 1 rings (SSSR count). The van der Waals surface area contributed by atoms with Crippen molar-refractivity contribution < 1.29 is 0 Å². The molecular formula is C5H9N2. The Morgan fingerprint density at radius 2 is 2.57 bits per heavy atom. The van der Waals surface area contributed by atoms with Gasteiger partial charge in [0.2, 0.25) is 0 Å². The molecule has 1 aliphatic heterocycles. The Morgan fingerprint density at radius 3 is 2.71 bits per heavy atom. The fourth-order valence-corrected chi connectivity index (χ4v) is 0.539. The smallest absolute Gasteiger partial charge is 0.0561 e. The number of nitrogens with zero attached hydrogens (tertiary/aromatic N) is 2. The summed E-state index contributed by atoms with van der Waals surface area (Å²) in [5, 5.41) is 1.89. The van der Waals surface area contributed by atoms with Crippen LogP contribution in [-0.2, 0) is 0 Å². The van der Waals surface area contributed by atoms with Gasteiger partial charge in [-0.15, -0.1) is 5.43 Å². The highest BCUT2D eigenvalue weighted by molar-refractivity contribution is 5.00. The topological polar surface area (TPSA) is 17.3 Å². The van der Waals surface area contributed by atoms with E-state index in [1.165, 1.54) is 5.70 Å². The molecule has 0 atom stereocenters. The minimum atomic E-state index is 0.863. The first-order chi connectivity index (χ1) is 3.30. The van der Waals surface area contributed by atoms with E-state index in [-0.39, 0.29) is 0 Å². The predicted molar refractivity (Wildman–Crippen MR) is 28.5 cm³/mol. The van der Waals surface area contributed by atoms with Gasteiger partial charge in [-0.1, -0.05) is 0 Å². The minimum Gasteiger partial charge on any atom is -0.298 e. The second-order valence-electron chi connectivity index (χ2n) is 1.69. The van der Waals surface area contributed by atoms with Gasteiger partial charge in [-0.05, 0) is 13.0 Å². The molecule has 0 spiro atoms. The van der Waals surface area contributed by atoms with Gasteiger partial charge in [0, 0.05) is 12.7 Å². The molecule has 1 heterocycles. The zero-order valence-corrected chi connectivity index (χ0v) is 4.68. The summed E-state index contributed by atoms with van der Waals surface area (Å²) in [5.41, 5.74) is 5.31. The Bertz CT molecular complexity index is 96.3. The molecule has 0 amide bonds. The van der Waals surface area contributed by atoms with E-state index in [0.29, 0.717) is 0 Å². The average Bonchev–Trinajstić information content (AvgIpc) is 1.91. The molecular weight excluding hydrogens is 88.1 g/mol. The van der Waals surface area contributed by atoms with Crippen molar-refractivity contribution in [2.24, 2.45) is 0 Å². The summed E-state index contributed by atoms with van der Waals surface area (Å²) in [6, 6.07) is 0. The standard InChI is InChI=1S/C5H9N2/c1-5-3-4-6-7(5)2/h3H,4H2,1-2H3. The average molecular weight is 97.1 g/mol. The molecule has 0 saturated heterocycles. The number of allylic oxidation sites excluding steroid dienone is 1. The van der Waals surface area contributed by atoms with Crippen LogP contribution < -0.4 is 5.43 Å². The summed E-state index contributed by atoms with van der Waals surface area (Å²) in [6.07, 6.45) is 2.10. The van der Waals surface area contributed by atoms with Crippen molar-refractivity contribution in [3.63, 3.8) is 0 Å². The fourth-order valence-electron chi connectivity index (χ4n) is 0.539. The second kappa shape index (κ2) is 1.54. The lowest BCUT2D eigenvalue weighted by Crippen LogP contribution is -2.18. The Balaban J connectivity index is 2.54. The van der Waals surface area contributed by atoms with Crippen LogP contribution in [0.25, 0.3) is 0 Å². The van der Waals surface area contributed by atoms with Gasteiger partial charge in [0.05, 0.1) is 6.54 Å². The number of rotatable bonds is 0. The summed E-state index contributed by atoms with van der Waals surface area (Å²) in [6.45, 7) is 2.92. The summed E-state index contributed by atoms with van der Waals surface area (Å²) < 4.78 is 0. The van der Waals surface area contributed by atoms with Gasteiger partial charge in [-0.25, -0.2) is 0 Å². The fraction of sp³-hybridized carbons (Fsp3) is 0.600. The van der Waals surface area contributed by atoms with Crippen LogP contribution in [0.2, 0.25) is 0 Å². The molecule has 0 fully saturated rings. The monoisotopic (exact) mass is 97.1 g/mol. The highest BCUT2D eigenvalue weighted by atomic mass is 15.5. The molecule has 2 heteroatoms. The first-order valence-corrected chi connectivity index (χ1v) is 2.38. The van der Waals surface area contributed by atoms with Crippen LogP contribution in [0.15, 0.2) is 11.8 Å². The second-order valence-corrected chi connectivity index (χ2v) is 1.69. The predicted octanol–water partition coefficient (Wildman–Crippen LogP) is 0.355. The van der Waals surface area contributed by atoms with Crippen molar-refractivity contribution in [3.8, 4) is 0 Å². The first kappa shape index (κ1) is 4.65. The molecule has 0 aromatic carbocycles. The summed E-state index contributed by atoms with van der Waals surface area (Å²) in [4.78, 5) is 0. The van der Waals surface area contributed by atoms with Gasteiger partial charge >= 0.3 is 0 Å². The molecule has 1 aliphatic rings. The molecule has 0 saturated carbocycles. The van der Waals surface area contributed by atoms with Gasteiger partial charge in [-0.3, -0.25) is 5.01 Å². The van der Waals surface area contributed by atoms with Crippen LogP contribution in [0.3, 0.4) is 0 Å². The van der Waals surface area contributed by atoms with Gasteiger partial charge in [-0.2, -0.15) is 0 Å². The van der Waals surface area contributed by atoms with Gasteiger partial charge in [0.1, 0.15) is 0 Å². The van der Waals surface area contributed by atoms with Crippen LogP contribution in [0.1, 0.15) is 6.92 Å². The lowest BCUT2D eigenvalue weighted by Gasteiger charge is -2.08. The highest BCUT2D eigenvalue weighted by Gasteiger charge is 2.03. The van der Waals surface area contributed by atoms with Gasteiger partial charge in [0.15, 0.2) is 0 Å². The van der Waals surface area contributed by atoms with E-state index in [2.05, 4.69) is 18.4 Å². The van der Waals surface area contributed by atoms with E-state index in [1.807, 2.05) is 12.1 Å². The third kappa shape index (κ3) is 0.747. The third-order valence-corrected chi connectivity index (χ3v) is 1.19. The van der Waals surface area contributed by atoms with Crippen LogP contribution in [0, 0.1) is 0 Å². The highest BCUT2D eigenvalue weighted by Crippen LogP contribution is 2.01. The van der Waals surface area contributed by atoms with E-state index in [0.717, 1.165) is 6.54 Å². The van der Waals surface area contributed by atoms with Crippen LogP contribution >= 0.6 is 0 Å². The Hall–Kier alpha value is -0.500.